The number of fused-ring (bicyclic) bond motifs is 1. The highest BCUT2D eigenvalue weighted by Gasteiger charge is 2.19. The van der Waals surface area contributed by atoms with Gasteiger partial charge in [0.2, 0.25) is 11.7 Å². The molecular weight excluding hydrogens is 370 g/mol. The fraction of sp³-hybridized carbons (Fsp3) is 0.136. The number of carboxylic acids is 1. The topological polar surface area (TPSA) is 86.5 Å². The second kappa shape index (κ2) is 8.02. The Labute approximate surface area is 167 Å². The first-order valence-electron chi connectivity index (χ1n) is 9.04. The Bertz CT molecular complexity index is 1140. The molecule has 29 heavy (non-hydrogen) atoms. The normalized spacial score (nSPS) is 10.8. The van der Waals surface area contributed by atoms with Crippen molar-refractivity contribution in [2.75, 3.05) is 7.11 Å². The molecule has 0 amide bonds. The number of ether oxygens (including phenoxy) is 2. The predicted molar refractivity (Wildman–Crippen MR) is 107 cm³/mol. The molecule has 2 aromatic carbocycles. The van der Waals surface area contributed by atoms with Gasteiger partial charge in [0, 0.05) is 6.07 Å². The lowest BCUT2D eigenvalue weighted by atomic mass is 10.2. The summed E-state index contributed by atoms with van der Waals surface area (Å²) in [5.41, 5.74) is 2.89. The van der Waals surface area contributed by atoms with Gasteiger partial charge in [-0.3, -0.25) is 4.57 Å². The highest BCUT2D eigenvalue weighted by Crippen LogP contribution is 2.21. The molecule has 2 aromatic heterocycles. The van der Waals surface area contributed by atoms with E-state index in [1.54, 1.807) is 23.8 Å². The maximum absolute atomic E-state index is 11.7. The summed E-state index contributed by atoms with van der Waals surface area (Å²) in [4.78, 5) is 20.5. The zero-order valence-corrected chi connectivity index (χ0v) is 15.8. The number of pyridine rings is 1. The van der Waals surface area contributed by atoms with Crippen LogP contribution in [0.25, 0.3) is 11.2 Å². The lowest BCUT2D eigenvalue weighted by Gasteiger charge is -2.09. The number of carbonyl (C=O) groups is 1. The number of benzene rings is 2. The van der Waals surface area contributed by atoms with E-state index in [0.29, 0.717) is 30.2 Å². The van der Waals surface area contributed by atoms with Crippen LogP contribution >= 0.6 is 0 Å². The Morgan fingerprint density at radius 3 is 2.41 bits per heavy atom. The van der Waals surface area contributed by atoms with E-state index in [-0.39, 0.29) is 5.82 Å². The van der Waals surface area contributed by atoms with Gasteiger partial charge in [0.25, 0.3) is 0 Å². The van der Waals surface area contributed by atoms with E-state index in [1.807, 2.05) is 54.6 Å². The van der Waals surface area contributed by atoms with Gasteiger partial charge in [-0.05, 0) is 29.3 Å². The Morgan fingerprint density at radius 1 is 0.966 bits per heavy atom. The summed E-state index contributed by atoms with van der Waals surface area (Å²) in [5, 5.41) is 9.59. The minimum absolute atomic E-state index is 0.0662. The summed E-state index contributed by atoms with van der Waals surface area (Å²) in [6, 6.07) is 20.6. The largest absolute Gasteiger partial charge is 0.497 e. The van der Waals surface area contributed by atoms with E-state index in [2.05, 4.69) is 9.97 Å². The lowest BCUT2D eigenvalue weighted by Crippen LogP contribution is -2.11. The molecular formula is C22H19N3O4. The maximum atomic E-state index is 11.7. The van der Waals surface area contributed by atoms with Crippen LogP contribution in [0.3, 0.4) is 0 Å². The highest BCUT2D eigenvalue weighted by atomic mass is 16.5. The van der Waals surface area contributed by atoms with Crippen molar-refractivity contribution >= 4 is 17.1 Å². The van der Waals surface area contributed by atoms with Crippen LogP contribution in [-0.2, 0) is 13.2 Å². The zero-order chi connectivity index (χ0) is 20.2. The molecule has 0 atom stereocenters. The predicted octanol–water partition coefficient (Wildman–Crippen LogP) is 3.77. The van der Waals surface area contributed by atoms with Crippen molar-refractivity contribution in [3.8, 4) is 11.6 Å². The van der Waals surface area contributed by atoms with Crippen molar-refractivity contribution in [3.05, 3.63) is 83.7 Å². The SMILES string of the molecule is COc1ccc(Cn2c(C(=O)O)nc3ccc(OCc4ccccc4)nc32)cc1. The fourth-order valence-electron chi connectivity index (χ4n) is 3.02. The molecule has 7 heteroatoms. The quantitative estimate of drug-likeness (QED) is 0.518. The Hall–Kier alpha value is -3.87. The van der Waals surface area contributed by atoms with E-state index in [4.69, 9.17) is 9.47 Å². The summed E-state index contributed by atoms with van der Waals surface area (Å²) < 4.78 is 12.5. The number of methoxy groups -OCH3 is 1. The number of carboxylic acid groups (broad SMARTS) is 1. The van der Waals surface area contributed by atoms with Crippen molar-refractivity contribution in [3.63, 3.8) is 0 Å². The maximum Gasteiger partial charge on any atom is 0.372 e. The number of aromatic nitrogens is 3. The number of aromatic carboxylic acids is 1. The van der Waals surface area contributed by atoms with Crippen molar-refractivity contribution in [1.82, 2.24) is 14.5 Å². The molecule has 0 fully saturated rings. The minimum Gasteiger partial charge on any atom is -0.497 e. The van der Waals surface area contributed by atoms with Gasteiger partial charge in [-0.2, -0.15) is 4.98 Å². The first-order valence-corrected chi connectivity index (χ1v) is 9.04. The molecule has 1 N–H and O–H groups in total. The number of imidazole rings is 1. The van der Waals surface area contributed by atoms with Crippen molar-refractivity contribution in [1.29, 1.82) is 0 Å². The molecule has 0 aliphatic rings. The van der Waals surface area contributed by atoms with E-state index >= 15 is 0 Å². The molecule has 0 bridgehead atoms. The average molecular weight is 389 g/mol. The molecule has 0 aliphatic carbocycles. The molecule has 146 valence electrons. The smallest absolute Gasteiger partial charge is 0.372 e. The van der Waals surface area contributed by atoms with Gasteiger partial charge in [0.15, 0.2) is 5.65 Å². The van der Waals surface area contributed by atoms with Crippen LogP contribution < -0.4 is 9.47 Å². The standard InChI is InChI=1S/C22H19N3O4/c1-28-17-9-7-15(8-10-17)13-25-20-18(23-21(25)22(26)27)11-12-19(24-20)29-14-16-5-3-2-4-6-16/h2-12H,13-14H2,1H3,(H,26,27). The Morgan fingerprint density at radius 2 is 1.72 bits per heavy atom. The molecule has 0 spiro atoms. The molecule has 4 rings (SSSR count). The van der Waals surface area contributed by atoms with Crippen LogP contribution in [0.1, 0.15) is 21.7 Å². The molecule has 2 heterocycles. The summed E-state index contributed by atoms with van der Waals surface area (Å²) in [7, 11) is 1.60. The van der Waals surface area contributed by atoms with Crippen LogP contribution in [-0.4, -0.2) is 32.7 Å². The molecule has 4 aromatic rings. The van der Waals surface area contributed by atoms with Gasteiger partial charge >= 0.3 is 5.97 Å². The van der Waals surface area contributed by atoms with Crippen LogP contribution in [0.4, 0.5) is 0 Å². The monoisotopic (exact) mass is 389 g/mol. The van der Waals surface area contributed by atoms with Gasteiger partial charge in [-0.15, -0.1) is 0 Å². The second-order valence-electron chi connectivity index (χ2n) is 6.44. The van der Waals surface area contributed by atoms with Gasteiger partial charge < -0.3 is 14.6 Å². The summed E-state index contributed by atoms with van der Waals surface area (Å²) >= 11 is 0. The summed E-state index contributed by atoms with van der Waals surface area (Å²) in [5.74, 6) is -0.0293. The Kier molecular flexibility index (Phi) is 5.11. The molecule has 7 nitrogen and oxygen atoms in total. The highest BCUT2D eigenvalue weighted by molar-refractivity contribution is 5.88. The van der Waals surface area contributed by atoms with Crippen molar-refractivity contribution < 1.29 is 19.4 Å². The van der Waals surface area contributed by atoms with Crippen LogP contribution in [0, 0.1) is 0 Å². The van der Waals surface area contributed by atoms with E-state index in [0.717, 1.165) is 16.9 Å². The van der Waals surface area contributed by atoms with Crippen LogP contribution in [0.15, 0.2) is 66.7 Å². The van der Waals surface area contributed by atoms with E-state index in [1.165, 1.54) is 0 Å². The van der Waals surface area contributed by atoms with Gasteiger partial charge in [-0.25, -0.2) is 9.78 Å². The third kappa shape index (κ3) is 4.03. The molecule has 0 saturated heterocycles. The Balaban J connectivity index is 1.66. The average Bonchev–Trinajstić information content (AvgIpc) is 3.11. The van der Waals surface area contributed by atoms with Crippen molar-refractivity contribution in [2.45, 2.75) is 13.2 Å². The van der Waals surface area contributed by atoms with E-state index < -0.39 is 5.97 Å². The molecule has 0 unspecified atom stereocenters. The zero-order valence-electron chi connectivity index (χ0n) is 15.8. The third-order valence-corrected chi connectivity index (χ3v) is 4.49. The summed E-state index contributed by atoms with van der Waals surface area (Å²) in [6.45, 7) is 0.690. The third-order valence-electron chi connectivity index (χ3n) is 4.49. The molecule has 0 radical (unpaired) electrons. The number of rotatable bonds is 7. The van der Waals surface area contributed by atoms with Gasteiger partial charge in [0.1, 0.15) is 17.9 Å². The molecule has 0 aliphatic heterocycles. The number of nitrogens with zero attached hydrogens (tertiary/aromatic N) is 3. The van der Waals surface area contributed by atoms with Gasteiger partial charge in [0.05, 0.1) is 13.7 Å². The van der Waals surface area contributed by atoms with Crippen LogP contribution in [0.5, 0.6) is 11.6 Å². The summed E-state index contributed by atoms with van der Waals surface area (Å²) in [6.07, 6.45) is 0. The van der Waals surface area contributed by atoms with Crippen molar-refractivity contribution in [2.24, 2.45) is 0 Å². The first-order chi connectivity index (χ1) is 14.1. The first kappa shape index (κ1) is 18.5. The second-order valence-corrected chi connectivity index (χ2v) is 6.44. The number of hydrogen-bond donors (Lipinski definition) is 1. The fourth-order valence-corrected chi connectivity index (χ4v) is 3.02. The van der Waals surface area contributed by atoms with E-state index in [9.17, 15) is 9.90 Å². The lowest BCUT2D eigenvalue weighted by molar-refractivity contribution is 0.0679. The van der Waals surface area contributed by atoms with Gasteiger partial charge in [-0.1, -0.05) is 42.5 Å². The van der Waals surface area contributed by atoms with Crippen LogP contribution in [0.2, 0.25) is 0 Å². The minimum atomic E-state index is -1.11. The molecule has 0 saturated carbocycles. The number of hydrogen-bond acceptors (Lipinski definition) is 5.